The fourth-order valence-electron chi connectivity index (χ4n) is 3.55. The Morgan fingerprint density at radius 1 is 1.08 bits per heavy atom. The first-order valence-corrected chi connectivity index (χ1v) is 5.61. The lowest BCUT2D eigenvalue weighted by Gasteiger charge is -2.42. The Kier molecular flexibility index (Phi) is 2.40. The van der Waals surface area contributed by atoms with Gasteiger partial charge in [0.05, 0.1) is 19.6 Å². The van der Waals surface area contributed by atoms with Crippen LogP contribution in [0.15, 0.2) is 0 Å². The number of quaternary nitrogens is 1. The van der Waals surface area contributed by atoms with Gasteiger partial charge in [-0.05, 0) is 25.7 Å². The van der Waals surface area contributed by atoms with Gasteiger partial charge >= 0.3 is 0 Å². The van der Waals surface area contributed by atoms with Crippen LogP contribution in [0.1, 0.15) is 39.0 Å². The van der Waals surface area contributed by atoms with Crippen LogP contribution in [0.5, 0.6) is 0 Å². The van der Waals surface area contributed by atoms with Crippen molar-refractivity contribution in [1.82, 2.24) is 0 Å². The highest BCUT2D eigenvalue weighted by molar-refractivity contribution is 4.81. The molecular formula is C11H22N+. The van der Waals surface area contributed by atoms with Crippen LogP contribution >= 0.6 is 0 Å². The summed E-state index contributed by atoms with van der Waals surface area (Å²) < 4.78 is 0. The monoisotopic (exact) mass is 168 g/mol. The Morgan fingerprint density at radius 3 is 2.58 bits per heavy atom. The van der Waals surface area contributed by atoms with Gasteiger partial charge in [-0.25, -0.2) is 0 Å². The van der Waals surface area contributed by atoms with Gasteiger partial charge in [0.25, 0.3) is 0 Å². The molecule has 0 amide bonds. The Bertz CT molecular complexity index is 139. The van der Waals surface area contributed by atoms with Crippen molar-refractivity contribution >= 4 is 0 Å². The van der Waals surface area contributed by atoms with E-state index in [-0.39, 0.29) is 0 Å². The Balaban J connectivity index is 2.07. The molecule has 0 aromatic rings. The second-order valence-electron chi connectivity index (χ2n) is 4.93. The van der Waals surface area contributed by atoms with E-state index in [1.54, 1.807) is 0 Å². The average molecular weight is 168 g/mol. The summed E-state index contributed by atoms with van der Waals surface area (Å²) in [6, 6.07) is 1.01. The van der Waals surface area contributed by atoms with E-state index in [2.05, 4.69) is 14.0 Å². The van der Waals surface area contributed by atoms with Crippen LogP contribution in [0.25, 0.3) is 0 Å². The Hall–Kier alpha value is -0.0400. The van der Waals surface area contributed by atoms with Gasteiger partial charge in [0.2, 0.25) is 0 Å². The van der Waals surface area contributed by atoms with Crippen LogP contribution in [-0.2, 0) is 0 Å². The van der Waals surface area contributed by atoms with E-state index in [1.165, 1.54) is 38.6 Å². The summed E-state index contributed by atoms with van der Waals surface area (Å²) in [5, 5.41) is 0. The fourth-order valence-corrected chi connectivity index (χ4v) is 3.55. The zero-order chi connectivity index (χ0) is 8.55. The van der Waals surface area contributed by atoms with Crippen LogP contribution in [-0.4, -0.2) is 19.6 Å². The molecular weight excluding hydrogens is 146 g/mol. The molecule has 0 spiro atoms. The topological polar surface area (TPSA) is 4.44 Å². The lowest BCUT2D eigenvalue weighted by Crippen LogP contribution is -3.15. The summed E-state index contributed by atoms with van der Waals surface area (Å²) in [6.45, 7) is 3.89. The second kappa shape index (κ2) is 3.37. The van der Waals surface area contributed by atoms with Gasteiger partial charge in [0, 0.05) is 11.8 Å². The van der Waals surface area contributed by atoms with Gasteiger partial charge in [0.15, 0.2) is 0 Å². The summed E-state index contributed by atoms with van der Waals surface area (Å²) in [7, 11) is 2.40. The molecule has 2 fully saturated rings. The number of nitrogens with one attached hydrogen (secondary N) is 1. The average Bonchev–Trinajstić information content (AvgIpc) is 2.04. The zero-order valence-electron chi connectivity index (χ0n) is 8.47. The highest BCUT2D eigenvalue weighted by atomic mass is 15.1. The van der Waals surface area contributed by atoms with Crippen LogP contribution in [0, 0.1) is 11.8 Å². The summed E-state index contributed by atoms with van der Waals surface area (Å²) in [6.07, 6.45) is 7.49. The van der Waals surface area contributed by atoms with Gasteiger partial charge in [0.1, 0.15) is 0 Å². The first-order chi connectivity index (χ1) is 5.79. The number of likely N-dealkylation sites (tertiary alicyclic amines) is 1. The molecule has 1 aliphatic carbocycles. The molecule has 4 atom stereocenters. The highest BCUT2D eigenvalue weighted by Gasteiger charge is 2.38. The molecule has 70 valence electrons. The second-order valence-corrected chi connectivity index (χ2v) is 4.93. The van der Waals surface area contributed by atoms with Crippen LogP contribution in [0.3, 0.4) is 0 Å². The van der Waals surface area contributed by atoms with Crippen LogP contribution in [0.2, 0.25) is 0 Å². The van der Waals surface area contributed by atoms with Crippen molar-refractivity contribution in [2.24, 2.45) is 11.8 Å². The van der Waals surface area contributed by atoms with Gasteiger partial charge in [-0.2, -0.15) is 0 Å². The molecule has 1 nitrogen and oxygen atoms in total. The molecule has 1 heteroatoms. The van der Waals surface area contributed by atoms with E-state index >= 15 is 0 Å². The van der Waals surface area contributed by atoms with Crippen LogP contribution < -0.4 is 4.90 Å². The van der Waals surface area contributed by atoms with Crippen molar-refractivity contribution in [3.8, 4) is 0 Å². The van der Waals surface area contributed by atoms with Crippen molar-refractivity contribution in [3.05, 3.63) is 0 Å². The number of hydrogen-bond acceptors (Lipinski definition) is 0. The SMILES string of the molecule is CC1CCCC2CCC[NH+](C)C12. The third kappa shape index (κ3) is 1.39. The molecule has 2 rings (SSSR count). The molecule has 1 heterocycles. The minimum atomic E-state index is 0.990. The summed E-state index contributed by atoms with van der Waals surface area (Å²) in [4.78, 5) is 1.82. The molecule has 4 unspecified atom stereocenters. The number of piperidine rings is 1. The quantitative estimate of drug-likeness (QED) is 0.552. The van der Waals surface area contributed by atoms with E-state index in [9.17, 15) is 0 Å². The van der Waals surface area contributed by atoms with E-state index in [0.717, 1.165) is 17.9 Å². The fraction of sp³-hybridized carbons (Fsp3) is 1.00. The summed E-state index contributed by atoms with van der Waals surface area (Å²) in [5.74, 6) is 2.06. The standard InChI is InChI=1S/C11H21N/c1-9-5-3-6-10-7-4-8-12(2)11(9)10/h9-11H,3-8H2,1-2H3/p+1. The smallest absolute Gasteiger partial charge is 0.0926 e. The molecule has 1 aliphatic heterocycles. The van der Waals surface area contributed by atoms with Crippen molar-refractivity contribution in [2.45, 2.75) is 45.1 Å². The molecule has 12 heavy (non-hydrogen) atoms. The maximum absolute atomic E-state index is 2.46. The maximum Gasteiger partial charge on any atom is 0.0926 e. The highest BCUT2D eigenvalue weighted by Crippen LogP contribution is 2.31. The van der Waals surface area contributed by atoms with Crippen molar-refractivity contribution in [3.63, 3.8) is 0 Å². The minimum Gasteiger partial charge on any atom is -0.334 e. The summed E-state index contributed by atoms with van der Waals surface area (Å²) in [5.41, 5.74) is 0. The summed E-state index contributed by atoms with van der Waals surface area (Å²) >= 11 is 0. The van der Waals surface area contributed by atoms with Crippen molar-refractivity contribution in [1.29, 1.82) is 0 Å². The molecule has 1 N–H and O–H groups in total. The first kappa shape index (κ1) is 8.55. The first-order valence-electron chi connectivity index (χ1n) is 5.61. The molecule has 0 radical (unpaired) electrons. The number of hydrogen-bond donors (Lipinski definition) is 1. The molecule has 0 aromatic carbocycles. The minimum absolute atomic E-state index is 0.990. The number of fused-ring (bicyclic) bond motifs is 1. The molecule has 0 bridgehead atoms. The maximum atomic E-state index is 2.46. The predicted octanol–water partition coefficient (Wildman–Crippen LogP) is 1.10. The Morgan fingerprint density at radius 2 is 1.83 bits per heavy atom. The third-order valence-corrected chi connectivity index (χ3v) is 4.07. The van der Waals surface area contributed by atoms with Crippen molar-refractivity contribution < 1.29 is 4.90 Å². The van der Waals surface area contributed by atoms with Crippen molar-refractivity contribution in [2.75, 3.05) is 13.6 Å². The normalized spacial score (nSPS) is 48.5. The van der Waals surface area contributed by atoms with Gasteiger partial charge < -0.3 is 4.90 Å². The molecule has 0 aromatic heterocycles. The molecule has 1 saturated heterocycles. The molecule has 2 aliphatic rings. The lowest BCUT2D eigenvalue weighted by atomic mass is 9.73. The molecule has 1 saturated carbocycles. The zero-order valence-corrected chi connectivity index (χ0v) is 8.47. The van der Waals surface area contributed by atoms with E-state index in [1.807, 2.05) is 4.90 Å². The van der Waals surface area contributed by atoms with Gasteiger partial charge in [-0.1, -0.05) is 13.3 Å². The van der Waals surface area contributed by atoms with Gasteiger partial charge in [-0.3, -0.25) is 0 Å². The predicted molar refractivity (Wildman–Crippen MR) is 51.3 cm³/mol. The lowest BCUT2D eigenvalue weighted by molar-refractivity contribution is -0.921. The van der Waals surface area contributed by atoms with E-state index < -0.39 is 0 Å². The number of rotatable bonds is 0. The van der Waals surface area contributed by atoms with Crippen LogP contribution in [0.4, 0.5) is 0 Å². The third-order valence-electron chi connectivity index (χ3n) is 4.07. The van der Waals surface area contributed by atoms with E-state index in [0.29, 0.717) is 0 Å². The largest absolute Gasteiger partial charge is 0.334 e. The van der Waals surface area contributed by atoms with E-state index in [4.69, 9.17) is 0 Å². The van der Waals surface area contributed by atoms with Gasteiger partial charge in [-0.15, -0.1) is 0 Å². The Labute approximate surface area is 76.1 Å².